The van der Waals surface area contributed by atoms with Gasteiger partial charge in [0.25, 0.3) is 0 Å². The molecule has 0 bridgehead atoms. The van der Waals surface area contributed by atoms with Crippen molar-refractivity contribution in [3.05, 3.63) is 58.1 Å². The van der Waals surface area contributed by atoms with Gasteiger partial charge < -0.3 is 15.4 Å². The van der Waals surface area contributed by atoms with Gasteiger partial charge in [-0.15, -0.1) is 0 Å². The van der Waals surface area contributed by atoms with Gasteiger partial charge in [0.1, 0.15) is 5.75 Å². The number of benzene rings is 2. The van der Waals surface area contributed by atoms with E-state index in [1.807, 2.05) is 31.2 Å². The molecule has 0 atom stereocenters. The summed E-state index contributed by atoms with van der Waals surface area (Å²) in [5, 5.41) is 6.34. The summed E-state index contributed by atoms with van der Waals surface area (Å²) < 4.78 is 5.36. The second-order valence-electron chi connectivity index (χ2n) is 4.51. The second-order valence-corrected chi connectivity index (χ2v) is 5.35. The number of amides is 2. The number of hydrogen-bond donors (Lipinski definition) is 2. The SMILES string of the molecule is CCOc1ccc(CNC(=O)Nc2ccc(Cl)cc2Cl)cc1. The Labute approximate surface area is 139 Å². The molecule has 6 heteroatoms. The zero-order valence-corrected chi connectivity index (χ0v) is 13.5. The minimum absolute atomic E-state index is 0.335. The van der Waals surface area contributed by atoms with Crippen molar-refractivity contribution in [1.82, 2.24) is 5.32 Å². The first kappa shape index (κ1) is 16.5. The van der Waals surface area contributed by atoms with Gasteiger partial charge in [0, 0.05) is 11.6 Å². The number of anilines is 1. The summed E-state index contributed by atoms with van der Waals surface area (Å²) >= 11 is 11.8. The number of halogens is 2. The van der Waals surface area contributed by atoms with Crippen molar-refractivity contribution in [2.45, 2.75) is 13.5 Å². The van der Waals surface area contributed by atoms with Crippen molar-refractivity contribution in [3.8, 4) is 5.75 Å². The summed E-state index contributed by atoms with van der Waals surface area (Å²) in [6, 6.07) is 12.1. The van der Waals surface area contributed by atoms with E-state index in [-0.39, 0.29) is 6.03 Å². The normalized spacial score (nSPS) is 10.1. The minimum atomic E-state index is -0.335. The molecule has 0 unspecified atom stereocenters. The molecular formula is C16H16Cl2N2O2. The van der Waals surface area contributed by atoms with Crippen LogP contribution in [-0.2, 0) is 6.54 Å². The molecule has 0 aromatic heterocycles. The predicted molar refractivity (Wildman–Crippen MR) is 89.9 cm³/mol. The third kappa shape index (κ3) is 4.83. The van der Waals surface area contributed by atoms with Crippen LogP contribution >= 0.6 is 23.2 Å². The van der Waals surface area contributed by atoms with E-state index in [1.165, 1.54) is 0 Å². The Kier molecular flexibility index (Phi) is 5.92. The zero-order valence-electron chi connectivity index (χ0n) is 12.0. The third-order valence-corrected chi connectivity index (χ3v) is 3.41. The lowest BCUT2D eigenvalue weighted by molar-refractivity contribution is 0.251. The second kappa shape index (κ2) is 7.92. The van der Waals surface area contributed by atoms with Crippen LogP contribution in [0.4, 0.5) is 10.5 Å². The van der Waals surface area contributed by atoms with Crippen LogP contribution in [0.2, 0.25) is 10.0 Å². The van der Waals surface area contributed by atoms with E-state index in [0.29, 0.717) is 28.9 Å². The molecule has 0 aliphatic heterocycles. The van der Waals surface area contributed by atoms with Crippen molar-refractivity contribution in [1.29, 1.82) is 0 Å². The number of carbonyl (C=O) groups is 1. The van der Waals surface area contributed by atoms with Crippen molar-refractivity contribution in [2.75, 3.05) is 11.9 Å². The molecule has 0 radical (unpaired) electrons. The summed E-state index contributed by atoms with van der Waals surface area (Å²) in [7, 11) is 0. The van der Waals surface area contributed by atoms with Crippen LogP contribution < -0.4 is 15.4 Å². The van der Waals surface area contributed by atoms with E-state index in [9.17, 15) is 4.79 Å². The van der Waals surface area contributed by atoms with Gasteiger partial charge >= 0.3 is 6.03 Å². The maximum absolute atomic E-state index is 11.9. The van der Waals surface area contributed by atoms with E-state index in [4.69, 9.17) is 27.9 Å². The number of hydrogen-bond acceptors (Lipinski definition) is 2. The molecule has 0 spiro atoms. The van der Waals surface area contributed by atoms with E-state index in [0.717, 1.165) is 11.3 Å². The third-order valence-electron chi connectivity index (χ3n) is 2.87. The highest BCUT2D eigenvalue weighted by Crippen LogP contribution is 2.25. The highest BCUT2D eigenvalue weighted by atomic mass is 35.5. The van der Waals surface area contributed by atoms with Crippen LogP contribution in [-0.4, -0.2) is 12.6 Å². The number of rotatable bonds is 5. The van der Waals surface area contributed by atoms with Gasteiger partial charge in [0.15, 0.2) is 0 Å². The first-order valence-electron chi connectivity index (χ1n) is 6.80. The Morgan fingerprint density at radius 3 is 2.50 bits per heavy atom. The van der Waals surface area contributed by atoms with Crippen LogP contribution in [0.25, 0.3) is 0 Å². The molecule has 4 nitrogen and oxygen atoms in total. The fourth-order valence-electron chi connectivity index (χ4n) is 1.81. The lowest BCUT2D eigenvalue weighted by atomic mass is 10.2. The summed E-state index contributed by atoms with van der Waals surface area (Å²) in [4.78, 5) is 11.9. The van der Waals surface area contributed by atoms with E-state index in [2.05, 4.69) is 10.6 Å². The molecule has 0 heterocycles. The average Bonchev–Trinajstić information content (AvgIpc) is 2.50. The summed E-state index contributed by atoms with van der Waals surface area (Å²) in [5.41, 5.74) is 1.48. The highest BCUT2D eigenvalue weighted by molar-refractivity contribution is 6.36. The molecule has 2 rings (SSSR count). The van der Waals surface area contributed by atoms with Crippen LogP contribution in [0.3, 0.4) is 0 Å². The van der Waals surface area contributed by atoms with Crippen LogP contribution in [0.1, 0.15) is 12.5 Å². The molecule has 2 aromatic carbocycles. The maximum atomic E-state index is 11.9. The molecule has 0 aliphatic rings. The largest absolute Gasteiger partial charge is 0.494 e. The van der Waals surface area contributed by atoms with Crippen molar-refractivity contribution < 1.29 is 9.53 Å². The molecule has 22 heavy (non-hydrogen) atoms. The molecule has 2 N–H and O–H groups in total. The number of urea groups is 1. The van der Waals surface area contributed by atoms with Gasteiger partial charge in [-0.1, -0.05) is 35.3 Å². The Morgan fingerprint density at radius 2 is 1.86 bits per heavy atom. The fourth-order valence-corrected chi connectivity index (χ4v) is 2.27. The van der Waals surface area contributed by atoms with Gasteiger partial charge in [-0.2, -0.15) is 0 Å². The van der Waals surface area contributed by atoms with E-state index >= 15 is 0 Å². The van der Waals surface area contributed by atoms with Gasteiger partial charge in [-0.05, 0) is 42.8 Å². The van der Waals surface area contributed by atoms with Crippen LogP contribution in [0.5, 0.6) is 5.75 Å². The molecule has 2 aromatic rings. The van der Waals surface area contributed by atoms with E-state index in [1.54, 1.807) is 18.2 Å². The average molecular weight is 339 g/mol. The first-order chi connectivity index (χ1) is 10.6. The predicted octanol–water partition coefficient (Wildman–Crippen LogP) is 4.71. The summed E-state index contributed by atoms with van der Waals surface area (Å²) in [6.45, 7) is 2.97. The first-order valence-corrected chi connectivity index (χ1v) is 7.55. The number of nitrogens with one attached hydrogen (secondary N) is 2. The standard InChI is InChI=1S/C16H16Cl2N2O2/c1-2-22-13-6-3-11(4-7-13)10-19-16(21)20-15-8-5-12(17)9-14(15)18/h3-9H,2,10H2,1H3,(H2,19,20,21). The summed E-state index contributed by atoms with van der Waals surface area (Å²) in [5.74, 6) is 0.809. The van der Waals surface area contributed by atoms with E-state index < -0.39 is 0 Å². The monoisotopic (exact) mass is 338 g/mol. The van der Waals surface area contributed by atoms with Gasteiger partial charge in [-0.25, -0.2) is 4.79 Å². The zero-order chi connectivity index (χ0) is 15.9. The lowest BCUT2D eigenvalue weighted by Crippen LogP contribution is -2.28. The van der Waals surface area contributed by atoms with Gasteiger partial charge in [0.05, 0.1) is 17.3 Å². The molecule has 0 aliphatic carbocycles. The van der Waals surface area contributed by atoms with Crippen molar-refractivity contribution in [2.24, 2.45) is 0 Å². The minimum Gasteiger partial charge on any atom is -0.494 e. The Balaban J connectivity index is 1.87. The topological polar surface area (TPSA) is 50.4 Å². The summed E-state index contributed by atoms with van der Waals surface area (Å²) in [6.07, 6.45) is 0. The van der Waals surface area contributed by atoms with Gasteiger partial charge in [0.2, 0.25) is 0 Å². The Hall–Kier alpha value is -1.91. The Bertz CT molecular complexity index is 645. The fraction of sp³-hybridized carbons (Fsp3) is 0.188. The Morgan fingerprint density at radius 1 is 1.14 bits per heavy atom. The molecule has 0 saturated carbocycles. The maximum Gasteiger partial charge on any atom is 0.319 e. The van der Waals surface area contributed by atoms with Crippen molar-refractivity contribution >= 4 is 34.9 Å². The quantitative estimate of drug-likeness (QED) is 0.829. The molecular weight excluding hydrogens is 323 g/mol. The number of carbonyl (C=O) groups excluding carboxylic acids is 1. The molecule has 0 saturated heterocycles. The van der Waals surface area contributed by atoms with Gasteiger partial charge in [-0.3, -0.25) is 0 Å². The molecule has 2 amide bonds. The van der Waals surface area contributed by atoms with Crippen LogP contribution in [0, 0.1) is 0 Å². The van der Waals surface area contributed by atoms with Crippen molar-refractivity contribution in [3.63, 3.8) is 0 Å². The highest BCUT2D eigenvalue weighted by Gasteiger charge is 2.06. The molecule has 116 valence electrons. The van der Waals surface area contributed by atoms with Crippen LogP contribution in [0.15, 0.2) is 42.5 Å². The lowest BCUT2D eigenvalue weighted by Gasteiger charge is -2.10. The smallest absolute Gasteiger partial charge is 0.319 e. The molecule has 0 fully saturated rings. The number of ether oxygens (including phenoxy) is 1.